The van der Waals surface area contributed by atoms with Crippen LogP contribution in [-0.4, -0.2) is 37.6 Å². The second-order valence-corrected chi connectivity index (χ2v) is 4.58. The molecule has 0 heterocycles. The lowest BCUT2D eigenvalue weighted by Crippen LogP contribution is -2.41. The lowest BCUT2D eigenvalue weighted by atomic mass is 10.2. The third-order valence-corrected chi connectivity index (χ3v) is 2.23. The first-order valence-corrected chi connectivity index (χ1v) is 5.85. The Morgan fingerprint density at radius 2 is 1.33 bits per heavy atom. The molecule has 0 aromatic carbocycles. The van der Waals surface area contributed by atoms with Gasteiger partial charge in [-0.05, 0) is 19.8 Å². The smallest absolute Gasteiger partial charge is 0.0782 e. The van der Waals surface area contributed by atoms with Crippen LogP contribution in [0.2, 0.25) is 0 Å². The van der Waals surface area contributed by atoms with Crippen molar-refractivity contribution in [3.05, 3.63) is 0 Å². The van der Waals surface area contributed by atoms with Crippen LogP contribution in [0.3, 0.4) is 0 Å². The van der Waals surface area contributed by atoms with Gasteiger partial charge >= 0.3 is 0 Å². The van der Waals surface area contributed by atoms with Crippen LogP contribution in [0, 0.1) is 0 Å². The Kier molecular flexibility index (Phi) is 11.2. The van der Waals surface area contributed by atoms with Crippen LogP contribution in [0.15, 0.2) is 0 Å². The van der Waals surface area contributed by atoms with Crippen molar-refractivity contribution >= 4 is 5.97 Å². The van der Waals surface area contributed by atoms with E-state index in [1.165, 1.54) is 43.3 Å². The van der Waals surface area contributed by atoms with Crippen LogP contribution in [0.4, 0.5) is 0 Å². The summed E-state index contributed by atoms with van der Waals surface area (Å²) < 4.78 is 1.21. The molecule has 0 fully saturated rings. The van der Waals surface area contributed by atoms with Gasteiger partial charge in [0.2, 0.25) is 0 Å². The molecule has 0 bridgehead atoms. The fraction of sp³-hybridized carbons (Fsp3) is 0.917. The minimum absolute atomic E-state index is 0.972. The number of carboxylic acid groups (broad SMARTS) is 1. The first kappa shape index (κ1) is 16.8. The molecule has 0 N–H and O–H groups in total. The molecule has 92 valence electrons. The maximum Gasteiger partial charge on any atom is 0.0782 e. The van der Waals surface area contributed by atoms with E-state index in [-0.39, 0.29) is 0 Å². The van der Waals surface area contributed by atoms with Gasteiger partial charge in [0.05, 0.1) is 27.2 Å². The summed E-state index contributed by atoms with van der Waals surface area (Å²) in [7, 11) is 4.68. The van der Waals surface area contributed by atoms with E-state index < -0.39 is 5.97 Å². The fourth-order valence-electron chi connectivity index (χ4n) is 1.28. The molecule has 0 aromatic heterocycles. The highest BCUT2D eigenvalue weighted by atomic mass is 16.4. The van der Waals surface area contributed by atoms with Crippen molar-refractivity contribution in [1.82, 2.24) is 0 Å². The van der Waals surface area contributed by atoms with E-state index in [0.29, 0.717) is 0 Å². The Hall–Kier alpha value is -0.570. The predicted molar refractivity (Wildman–Crippen MR) is 62.3 cm³/mol. The van der Waals surface area contributed by atoms with Gasteiger partial charge < -0.3 is 14.4 Å². The summed E-state index contributed by atoms with van der Waals surface area (Å²) in [5.74, 6) is -1.08. The average Bonchev–Trinajstić information content (AvgIpc) is 2.11. The zero-order chi connectivity index (χ0) is 12.3. The van der Waals surface area contributed by atoms with Crippen molar-refractivity contribution in [1.29, 1.82) is 0 Å². The van der Waals surface area contributed by atoms with Gasteiger partial charge in [-0.25, -0.2) is 0 Å². The van der Waals surface area contributed by atoms with Gasteiger partial charge in [-0.2, -0.15) is 0 Å². The summed E-state index contributed by atoms with van der Waals surface area (Å²) in [5, 5.41) is 8.89. The van der Waals surface area contributed by atoms with Crippen LogP contribution in [0.25, 0.3) is 0 Å². The first-order chi connectivity index (χ1) is 6.85. The molecule has 0 aliphatic carbocycles. The van der Waals surface area contributed by atoms with Gasteiger partial charge in [0.25, 0.3) is 0 Å². The Morgan fingerprint density at radius 1 is 1.07 bits per heavy atom. The van der Waals surface area contributed by atoms with Crippen molar-refractivity contribution in [2.75, 3.05) is 27.2 Å². The average molecular weight is 217 g/mol. The number of aliphatic carboxylic acids is 1. The third kappa shape index (κ3) is 19.7. The van der Waals surface area contributed by atoms with Gasteiger partial charge in [0.1, 0.15) is 0 Å². The molecule has 0 aliphatic rings. The third-order valence-electron chi connectivity index (χ3n) is 2.23. The second-order valence-electron chi connectivity index (χ2n) is 4.58. The highest BCUT2D eigenvalue weighted by Crippen LogP contribution is 2.03. The second kappa shape index (κ2) is 9.97. The summed E-state index contributed by atoms with van der Waals surface area (Å²) in [4.78, 5) is 8.89. The molecule has 0 unspecified atom stereocenters. The number of hydrogen-bond donors (Lipinski definition) is 0. The van der Waals surface area contributed by atoms with Crippen molar-refractivity contribution in [2.45, 2.75) is 46.5 Å². The highest BCUT2D eigenvalue weighted by Gasteiger charge is 2.11. The van der Waals surface area contributed by atoms with Crippen molar-refractivity contribution in [2.24, 2.45) is 0 Å². The van der Waals surface area contributed by atoms with Gasteiger partial charge in [-0.1, -0.05) is 26.7 Å². The van der Waals surface area contributed by atoms with E-state index in [0.717, 1.165) is 6.92 Å². The van der Waals surface area contributed by atoms with E-state index >= 15 is 0 Å². The van der Waals surface area contributed by atoms with Crippen LogP contribution in [-0.2, 0) is 4.79 Å². The zero-order valence-electron chi connectivity index (χ0n) is 11.0. The molecule has 15 heavy (non-hydrogen) atoms. The van der Waals surface area contributed by atoms with Crippen LogP contribution < -0.4 is 5.11 Å². The van der Waals surface area contributed by atoms with Crippen LogP contribution in [0.5, 0.6) is 0 Å². The SMILES string of the molecule is CC(=O)[O-].CCCC[N+](C)(C)CCCC. The number of carbonyl (C=O) groups is 1. The number of hydrogen-bond acceptors (Lipinski definition) is 2. The van der Waals surface area contributed by atoms with Gasteiger partial charge in [-0.3, -0.25) is 0 Å². The van der Waals surface area contributed by atoms with E-state index in [9.17, 15) is 0 Å². The van der Waals surface area contributed by atoms with E-state index in [2.05, 4.69) is 27.9 Å². The number of unbranched alkanes of at least 4 members (excludes halogenated alkanes) is 2. The van der Waals surface area contributed by atoms with Gasteiger partial charge in [-0.15, -0.1) is 0 Å². The standard InChI is InChI=1S/C10H24N.C2H4O2/c1-5-7-9-11(3,4)10-8-6-2;1-2(3)4/h5-10H2,1-4H3;1H3,(H,3,4)/q+1;/p-1. The number of carbonyl (C=O) groups excluding carboxylic acids is 1. The minimum atomic E-state index is -1.08. The molecular formula is C12H27NO2. The summed E-state index contributed by atoms with van der Waals surface area (Å²) >= 11 is 0. The van der Waals surface area contributed by atoms with Crippen molar-refractivity contribution < 1.29 is 14.4 Å². The molecule has 0 aliphatic heterocycles. The normalized spacial score (nSPS) is 10.5. The van der Waals surface area contributed by atoms with E-state index in [4.69, 9.17) is 9.90 Å². The number of nitrogens with zero attached hydrogens (tertiary/aromatic N) is 1. The Morgan fingerprint density at radius 3 is 1.53 bits per heavy atom. The summed E-state index contributed by atoms with van der Waals surface area (Å²) in [5.41, 5.74) is 0. The maximum absolute atomic E-state index is 8.89. The Balaban J connectivity index is 0. The minimum Gasteiger partial charge on any atom is -0.550 e. The summed E-state index contributed by atoms with van der Waals surface area (Å²) in [6.45, 7) is 8.19. The molecule has 0 amide bonds. The Bertz CT molecular complexity index is 142. The summed E-state index contributed by atoms with van der Waals surface area (Å²) in [6.07, 6.45) is 5.40. The topological polar surface area (TPSA) is 40.1 Å². The van der Waals surface area contributed by atoms with E-state index in [1.807, 2.05) is 0 Å². The highest BCUT2D eigenvalue weighted by molar-refractivity contribution is 5.60. The summed E-state index contributed by atoms with van der Waals surface area (Å²) in [6, 6.07) is 0. The molecule has 0 saturated carbocycles. The number of carboxylic acids is 1. The first-order valence-electron chi connectivity index (χ1n) is 5.85. The fourth-order valence-corrected chi connectivity index (χ4v) is 1.28. The molecule has 3 heteroatoms. The molecule has 0 atom stereocenters. The predicted octanol–water partition coefficient (Wildman–Crippen LogP) is 1.42. The number of quaternary nitrogens is 1. The van der Waals surface area contributed by atoms with Gasteiger partial charge in [0, 0.05) is 5.97 Å². The lowest BCUT2D eigenvalue weighted by molar-refractivity contribution is -0.890. The maximum atomic E-state index is 8.89. The molecule has 0 saturated heterocycles. The van der Waals surface area contributed by atoms with Crippen molar-refractivity contribution in [3.63, 3.8) is 0 Å². The molecule has 0 aromatic rings. The molecule has 0 spiro atoms. The zero-order valence-corrected chi connectivity index (χ0v) is 11.0. The quantitative estimate of drug-likeness (QED) is 0.631. The number of rotatable bonds is 6. The molecule has 0 radical (unpaired) electrons. The van der Waals surface area contributed by atoms with E-state index in [1.54, 1.807) is 0 Å². The molecular weight excluding hydrogens is 190 g/mol. The largest absolute Gasteiger partial charge is 0.550 e. The lowest BCUT2D eigenvalue weighted by Gasteiger charge is -2.29. The van der Waals surface area contributed by atoms with Crippen molar-refractivity contribution in [3.8, 4) is 0 Å². The molecule has 3 nitrogen and oxygen atoms in total. The van der Waals surface area contributed by atoms with Crippen LogP contribution >= 0.6 is 0 Å². The van der Waals surface area contributed by atoms with Crippen LogP contribution in [0.1, 0.15) is 46.5 Å². The Labute approximate surface area is 94.7 Å². The van der Waals surface area contributed by atoms with Gasteiger partial charge in [0.15, 0.2) is 0 Å². The molecule has 0 rings (SSSR count). The monoisotopic (exact) mass is 217 g/mol.